The Morgan fingerprint density at radius 1 is 1.35 bits per heavy atom. The molecule has 4 N–H and O–H groups in total. The van der Waals surface area contributed by atoms with Crippen LogP contribution in [0.25, 0.3) is 0 Å². The average molecular weight is 239 g/mol. The second-order valence-electron chi connectivity index (χ2n) is 6.66. The molecule has 98 valence electrons. The number of hydrogen-bond acceptors (Lipinski definition) is 3. The van der Waals surface area contributed by atoms with E-state index in [0.717, 1.165) is 32.4 Å². The van der Waals surface area contributed by atoms with Gasteiger partial charge in [-0.3, -0.25) is 9.69 Å². The summed E-state index contributed by atoms with van der Waals surface area (Å²) in [4.78, 5) is 13.9. The van der Waals surface area contributed by atoms with Gasteiger partial charge in [0.05, 0.1) is 5.54 Å². The van der Waals surface area contributed by atoms with E-state index >= 15 is 0 Å². The van der Waals surface area contributed by atoms with Crippen LogP contribution in [0.5, 0.6) is 0 Å². The number of piperidine rings is 1. The van der Waals surface area contributed by atoms with Crippen LogP contribution in [-0.4, -0.2) is 35.5 Å². The Kier molecular flexibility index (Phi) is 3.21. The fraction of sp³-hybridized carbons (Fsp3) is 0.923. The third kappa shape index (κ3) is 2.63. The molecule has 0 radical (unpaired) electrons. The molecule has 0 aromatic rings. The van der Waals surface area contributed by atoms with Crippen molar-refractivity contribution in [3.05, 3.63) is 0 Å². The molecule has 2 aliphatic rings. The molecule has 0 aromatic heterocycles. The average Bonchev–Trinajstić information content (AvgIpc) is 2.61. The summed E-state index contributed by atoms with van der Waals surface area (Å²) in [5, 5.41) is 0. The molecular weight excluding hydrogens is 214 g/mol. The lowest BCUT2D eigenvalue weighted by atomic mass is 9.83. The molecule has 0 bridgehead atoms. The third-order valence-electron chi connectivity index (χ3n) is 4.46. The monoisotopic (exact) mass is 239 g/mol. The zero-order valence-corrected chi connectivity index (χ0v) is 11.0. The van der Waals surface area contributed by atoms with Gasteiger partial charge < -0.3 is 11.5 Å². The van der Waals surface area contributed by atoms with Crippen LogP contribution in [0.2, 0.25) is 0 Å². The Morgan fingerprint density at radius 2 is 2.06 bits per heavy atom. The third-order valence-corrected chi connectivity index (χ3v) is 4.46. The van der Waals surface area contributed by atoms with Crippen LogP contribution in [-0.2, 0) is 4.79 Å². The van der Waals surface area contributed by atoms with E-state index in [1.807, 2.05) is 0 Å². The van der Waals surface area contributed by atoms with Crippen molar-refractivity contribution in [1.82, 2.24) is 4.90 Å². The van der Waals surface area contributed by atoms with E-state index in [9.17, 15) is 4.79 Å². The predicted octanol–water partition coefficient (Wildman–Crippen LogP) is 0.844. The van der Waals surface area contributed by atoms with Crippen LogP contribution < -0.4 is 11.5 Å². The molecule has 0 spiro atoms. The van der Waals surface area contributed by atoms with Crippen molar-refractivity contribution in [3.8, 4) is 0 Å². The maximum atomic E-state index is 11.4. The largest absolute Gasteiger partial charge is 0.368 e. The molecule has 1 saturated heterocycles. The smallest absolute Gasteiger partial charge is 0.237 e. The molecule has 2 rings (SSSR count). The summed E-state index contributed by atoms with van der Waals surface area (Å²) < 4.78 is 0. The van der Waals surface area contributed by atoms with E-state index in [0.29, 0.717) is 11.5 Å². The summed E-state index contributed by atoms with van der Waals surface area (Å²) in [5.41, 5.74) is 11.1. The van der Waals surface area contributed by atoms with Gasteiger partial charge in [0.15, 0.2) is 0 Å². The first-order valence-corrected chi connectivity index (χ1v) is 6.65. The van der Waals surface area contributed by atoms with Gasteiger partial charge in [-0.15, -0.1) is 0 Å². The molecule has 1 amide bonds. The molecule has 2 fully saturated rings. The van der Waals surface area contributed by atoms with Crippen LogP contribution in [0, 0.1) is 5.41 Å². The first-order chi connectivity index (χ1) is 7.82. The molecule has 1 aliphatic carbocycles. The highest BCUT2D eigenvalue weighted by Crippen LogP contribution is 2.36. The maximum Gasteiger partial charge on any atom is 0.237 e. The van der Waals surface area contributed by atoms with Crippen molar-refractivity contribution < 1.29 is 4.79 Å². The minimum absolute atomic E-state index is 0.337. The lowest BCUT2D eigenvalue weighted by molar-refractivity contribution is -0.123. The normalized spacial score (nSPS) is 38.2. The first-order valence-electron chi connectivity index (χ1n) is 6.65. The fourth-order valence-electron chi connectivity index (χ4n) is 3.36. The predicted molar refractivity (Wildman–Crippen MR) is 68.3 cm³/mol. The molecule has 1 heterocycles. The van der Waals surface area contributed by atoms with Crippen molar-refractivity contribution >= 4 is 5.91 Å². The minimum atomic E-state index is -0.758. The summed E-state index contributed by atoms with van der Waals surface area (Å²) >= 11 is 0. The van der Waals surface area contributed by atoms with Crippen LogP contribution in [0.1, 0.15) is 46.0 Å². The van der Waals surface area contributed by atoms with Gasteiger partial charge in [0.1, 0.15) is 0 Å². The maximum absolute atomic E-state index is 11.4. The van der Waals surface area contributed by atoms with Crippen molar-refractivity contribution in [2.45, 2.75) is 57.5 Å². The second-order valence-corrected chi connectivity index (χ2v) is 6.66. The molecule has 4 nitrogen and oxygen atoms in total. The van der Waals surface area contributed by atoms with Gasteiger partial charge in [0.2, 0.25) is 5.91 Å². The highest BCUT2D eigenvalue weighted by molar-refractivity contribution is 5.84. The molecule has 0 aromatic carbocycles. The van der Waals surface area contributed by atoms with Gasteiger partial charge >= 0.3 is 0 Å². The first kappa shape index (κ1) is 12.8. The number of carbonyl (C=O) groups excluding carboxylic acids is 1. The lowest BCUT2D eigenvalue weighted by Gasteiger charge is -2.41. The summed E-state index contributed by atoms with van der Waals surface area (Å²) in [6.45, 7) is 6.89. The van der Waals surface area contributed by atoms with E-state index < -0.39 is 5.54 Å². The number of rotatable bonds is 2. The van der Waals surface area contributed by atoms with Crippen molar-refractivity contribution in [2.75, 3.05) is 13.1 Å². The lowest BCUT2D eigenvalue weighted by Crippen LogP contribution is -2.52. The number of amides is 1. The highest BCUT2D eigenvalue weighted by Gasteiger charge is 2.43. The Hall–Kier alpha value is -0.610. The SMILES string of the molecule is CC1(C)CCCN(C2CCC(N)(C(N)=O)C2)C1. The van der Waals surface area contributed by atoms with Gasteiger partial charge in [0, 0.05) is 12.6 Å². The van der Waals surface area contributed by atoms with Gasteiger partial charge in [-0.05, 0) is 44.1 Å². The molecule has 1 saturated carbocycles. The standard InChI is InChI=1S/C13H25N3O/c1-12(2)5-3-7-16(9-12)10-4-6-13(15,8-10)11(14)17/h10H,3-9,15H2,1-2H3,(H2,14,17). The number of hydrogen-bond donors (Lipinski definition) is 2. The van der Waals surface area contributed by atoms with Gasteiger partial charge in [0.25, 0.3) is 0 Å². The molecule has 2 atom stereocenters. The van der Waals surface area contributed by atoms with E-state index in [-0.39, 0.29) is 5.91 Å². The number of likely N-dealkylation sites (tertiary alicyclic amines) is 1. The fourth-order valence-corrected chi connectivity index (χ4v) is 3.36. The number of nitrogens with two attached hydrogens (primary N) is 2. The summed E-state index contributed by atoms with van der Waals surface area (Å²) in [6, 6.07) is 0.451. The zero-order valence-electron chi connectivity index (χ0n) is 11.0. The highest BCUT2D eigenvalue weighted by atomic mass is 16.1. The molecular formula is C13H25N3O. The summed E-state index contributed by atoms with van der Waals surface area (Å²) in [7, 11) is 0. The van der Waals surface area contributed by atoms with E-state index in [1.165, 1.54) is 12.8 Å². The van der Waals surface area contributed by atoms with Crippen LogP contribution >= 0.6 is 0 Å². The van der Waals surface area contributed by atoms with Crippen LogP contribution in [0.4, 0.5) is 0 Å². The number of nitrogens with zero attached hydrogens (tertiary/aromatic N) is 1. The van der Waals surface area contributed by atoms with Gasteiger partial charge in [-0.2, -0.15) is 0 Å². The topological polar surface area (TPSA) is 72.3 Å². The zero-order chi connectivity index (χ0) is 12.7. The second kappa shape index (κ2) is 4.25. The minimum Gasteiger partial charge on any atom is -0.368 e. The molecule has 17 heavy (non-hydrogen) atoms. The number of primary amides is 1. The Balaban J connectivity index is 1.99. The van der Waals surface area contributed by atoms with E-state index in [4.69, 9.17) is 11.5 Å². The Bertz CT molecular complexity index is 316. The van der Waals surface area contributed by atoms with Crippen molar-refractivity contribution in [2.24, 2.45) is 16.9 Å². The van der Waals surface area contributed by atoms with E-state index in [1.54, 1.807) is 0 Å². The molecule has 4 heteroatoms. The summed E-state index contributed by atoms with van der Waals surface area (Å²) in [6.07, 6.45) is 5.02. The Morgan fingerprint density at radius 3 is 2.59 bits per heavy atom. The van der Waals surface area contributed by atoms with Crippen LogP contribution in [0.15, 0.2) is 0 Å². The summed E-state index contributed by atoms with van der Waals surface area (Å²) in [5.74, 6) is -0.337. The van der Waals surface area contributed by atoms with Gasteiger partial charge in [-0.1, -0.05) is 13.8 Å². The van der Waals surface area contributed by atoms with E-state index in [2.05, 4.69) is 18.7 Å². The quantitative estimate of drug-likeness (QED) is 0.750. The van der Waals surface area contributed by atoms with Crippen molar-refractivity contribution in [3.63, 3.8) is 0 Å². The van der Waals surface area contributed by atoms with Crippen molar-refractivity contribution in [1.29, 1.82) is 0 Å². The molecule has 1 aliphatic heterocycles. The van der Waals surface area contributed by atoms with Crippen LogP contribution in [0.3, 0.4) is 0 Å². The molecule has 2 unspecified atom stereocenters. The number of carbonyl (C=O) groups is 1. The Labute approximate surface area is 104 Å². The van der Waals surface area contributed by atoms with Gasteiger partial charge in [-0.25, -0.2) is 0 Å².